The molecule has 1 saturated heterocycles. The molecule has 326 valence electrons. The first-order chi connectivity index (χ1) is 26.7. The van der Waals surface area contributed by atoms with Crippen LogP contribution >= 0.6 is 15.6 Å². The Bertz CT molecular complexity index is 1220. The van der Waals surface area contributed by atoms with Gasteiger partial charge in [0, 0.05) is 12.8 Å². The number of carbonyl (C=O) groups excluding carboxylic acids is 2. The van der Waals surface area contributed by atoms with Crippen LogP contribution in [0.25, 0.3) is 0 Å². The van der Waals surface area contributed by atoms with E-state index in [1.807, 2.05) is 12.2 Å². The van der Waals surface area contributed by atoms with E-state index in [0.717, 1.165) is 50.9 Å². The Morgan fingerprint density at radius 3 is 1.88 bits per heavy atom. The molecule has 0 aliphatic carbocycles. The van der Waals surface area contributed by atoms with Crippen molar-refractivity contribution in [2.75, 3.05) is 26.4 Å². The third-order valence-corrected chi connectivity index (χ3v) is 10.3. The van der Waals surface area contributed by atoms with E-state index in [0.29, 0.717) is 19.3 Å². The van der Waals surface area contributed by atoms with Crippen LogP contribution in [0.1, 0.15) is 149 Å². The molecular formula is C40H72O14P2. The van der Waals surface area contributed by atoms with E-state index in [-0.39, 0.29) is 25.0 Å². The van der Waals surface area contributed by atoms with Gasteiger partial charge in [-0.15, -0.1) is 0 Å². The molecule has 3 unspecified atom stereocenters. The van der Waals surface area contributed by atoms with E-state index in [4.69, 9.17) is 28.5 Å². The average Bonchev–Trinajstić information content (AvgIpc) is 3.89. The van der Waals surface area contributed by atoms with Crippen LogP contribution in [-0.2, 0) is 46.5 Å². The van der Waals surface area contributed by atoms with Crippen LogP contribution in [0.4, 0.5) is 0 Å². The lowest BCUT2D eigenvalue weighted by atomic mass is 10.0. The van der Waals surface area contributed by atoms with Crippen LogP contribution < -0.4 is 0 Å². The normalized spacial score (nSPS) is 18.2. The third-order valence-electron chi connectivity index (χ3n) is 8.85. The third kappa shape index (κ3) is 33.3. The maximum Gasteiger partial charge on any atom is 0.472 e. The van der Waals surface area contributed by atoms with E-state index < -0.39 is 66.2 Å². The predicted octanol–water partition coefficient (Wildman–Crippen LogP) is 8.96. The summed E-state index contributed by atoms with van der Waals surface area (Å²) < 4.78 is 53.4. The molecule has 56 heavy (non-hydrogen) atoms. The largest absolute Gasteiger partial charge is 0.472 e. The predicted molar refractivity (Wildman–Crippen MR) is 216 cm³/mol. The van der Waals surface area contributed by atoms with Crippen molar-refractivity contribution in [3.8, 4) is 0 Å². The summed E-state index contributed by atoms with van der Waals surface area (Å²) in [4.78, 5) is 52.6. The number of allylic oxidation sites excluding steroid dienone is 4. The maximum atomic E-state index is 12.6. The van der Waals surface area contributed by atoms with E-state index in [1.165, 1.54) is 51.4 Å². The average molecular weight is 839 g/mol. The summed E-state index contributed by atoms with van der Waals surface area (Å²) in [6.45, 7) is 3.90. The van der Waals surface area contributed by atoms with Crippen LogP contribution in [-0.4, -0.2) is 82.6 Å². The van der Waals surface area contributed by atoms with Crippen molar-refractivity contribution >= 4 is 27.6 Å². The quantitative estimate of drug-likeness (QED) is 0.0151. The van der Waals surface area contributed by atoms with Crippen LogP contribution in [0.2, 0.25) is 0 Å². The lowest BCUT2D eigenvalue weighted by Gasteiger charge is -2.20. The number of phosphoric ester groups is 2. The first-order valence-electron chi connectivity index (χ1n) is 20.7. The molecule has 0 saturated carbocycles. The smallest absolute Gasteiger partial charge is 0.462 e. The first-order valence-corrected chi connectivity index (χ1v) is 23.7. The molecule has 0 radical (unpaired) electrons. The molecule has 0 aromatic heterocycles. The van der Waals surface area contributed by atoms with Crippen LogP contribution in [0.15, 0.2) is 36.5 Å². The number of rotatable bonds is 37. The topological polar surface area (TPSA) is 208 Å². The van der Waals surface area contributed by atoms with Gasteiger partial charge in [0.15, 0.2) is 6.10 Å². The molecule has 1 aliphatic rings. The molecule has 0 spiro atoms. The molecule has 14 nitrogen and oxygen atoms in total. The Morgan fingerprint density at radius 1 is 0.661 bits per heavy atom. The number of carbonyl (C=O) groups is 2. The fourth-order valence-corrected chi connectivity index (χ4v) is 6.72. The number of unbranched alkanes of at least 4 members (excludes halogenated alkanes) is 11. The van der Waals surface area contributed by atoms with E-state index in [2.05, 4.69) is 54.1 Å². The van der Waals surface area contributed by atoms with Gasteiger partial charge >= 0.3 is 27.6 Å². The van der Waals surface area contributed by atoms with Gasteiger partial charge in [0.25, 0.3) is 0 Å². The Morgan fingerprint density at radius 2 is 1.21 bits per heavy atom. The monoisotopic (exact) mass is 838 g/mol. The minimum Gasteiger partial charge on any atom is -0.462 e. The van der Waals surface area contributed by atoms with Crippen LogP contribution in [0.3, 0.4) is 0 Å². The molecule has 1 aliphatic heterocycles. The summed E-state index contributed by atoms with van der Waals surface area (Å²) in [5, 5.41) is 9.73. The van der Waals surface area contributed by atoms with Gasteiger partial charge in [0.05, 0.1) is 32.0 Å². The highest BCUT2D eigenvalue weighted by Gasteiger charge is 2.36. The SMILES string of the molecule is CCCCC/C=C\C/C=C\CC1OC1C/C=C\CCCC(=O)O[C@H](COC(=O)CCCCCCCCCCC(C)C)COP(=O)(O)OC[C@@H](O)COP(=O)(O)O. The zero-order valence-corrected chi connectivity index (χ0v) is 35.9. The molecule has 1 rings (SSSR count). The van der Waals surface area contributed by atoms with Crippen LogP contribution in [0, 0.1) is 5.92 Å². The number of epoxide rings is 1. The molecule has 4 N–H and O–H groups in total. The van der Waals surface area contributed by atoms with Crippen molar-refractivity contribution in [1.82, 2.24) is 0 Å². The zero-order chi connectivity index (χ0) is 41.5. The van der Waals surface area contributed by atoms with E-state index in [9.17, 15) is 28.7 Å². The molecule has 1 heterocycles. The summed E-state index contributed by atoms with van der Waals surface area (Å²) in [7, 11) is -9.69. The molecule has 0 aromatic carbocycles. The summed E-state index contributed by atoms with van der Waals surface area (Å²) in [6, 6.07) is 0. The Labute approximate surface area is 335 Å². The lowest BCUT2D eigenvalue weighted by molar-refractivity contribution is -0.161. The number of hydrogen-bond acceptors (Lipinski definition) is 11. The first kappa shape index (κ1) is 52.3. The van der Waals surface area contributed by atoms with Gasteiger partial charge in [-0.05, 0) is 57.3 Å². The Kier molecular flexibility index (Phi) is 30.1. The summed E-state index contributed by atoms with van der Waals surface area (Å²) in [5.74, 6) is -0.369. The highest BCUT2D eigenvalue weighted by Crippen LogP contribution is 2.44. The second-order valence-corrected chi connectivity index (χ2v) is 17.5. The number of hydrogen-bond donors (Lipinski definition) is 4. The van der Waals surface area contributed by atoms with Gasteiger partial charge in [-0.1, -0.05) is 121 Å². The molecular weight excluding hydrogens is 766 g/mol. The fraction of sp³-hybridized carbons (Fsp3) is 0.800. The number of esters is 2. The van der Waals surface area contributed by atoms with Crippen molar-refractivity contribution in [2.24, 2.45) is 5.92 Å². The minimum atomic E-state index is -4.87. The molecule has 0 bridgehead atoms. The van der Waals surface area contributed by atoms with Crippen molar-refractivity contribution in [3.63, 3.8) is 0 Å². The number of aliphatic hydroxyl groups excluding tert-OH is 1. The van der Waals surface area contributed by atoms with Crippen molar-refractivity contribution < 1.29 is 66.3 Å². The van der Waals surface area contributed by atoms with Crippen molar-refractivity contribution in [3.05, 3.63) is 36.5 Å². The van der Waals surface area contributed by atoms with E-state index in [1.54, 1.807) is 0 Å². The number of ether oxygens (including phenoxy) is 3. The van der Waals surface area contributed by atoms with Gasteiger partial charge in [-0.25, -0.2) is 9.13 Å². The lowest BCUT2D eigenvalue weighted by Crippen LogP contribution is -2.29. The second kappa shape index (κ2) is 32.2. The number of phosphoric acid groups is 2. The Hall–Kier alpha value is -1.70. The van der Waals surface area contributed by atoms with Gasteiger partial charge in [0.2, 0.25) is 0 Å². The highest BCUT2D eigenvalue weighted by molar-refractivity contribution is 7.47. The molecule has 0 amide bonds. The minimum absolute atomic E-state index is 0.0476. The zero-order valence-electron chi connectivity index (χ0n) is 34.1. The summed E-state index contributed by atoms with van der Waals surface area (Å²) in [5.41, 5.74) is 0. The number of aliphatic hydroxyl groups is 1. The van der Waals surface area contributed by atoms with Crippen molar-refractivity contribution in [1.29, 1.82) is 0 Å². The van der Waals surface area contributed by atoms with Crippen LogP contribution in [0.5, 0.6) is 0 Å². The molecule has 16 heteroatoms. The second-order valence-electron chi connectivity index (χ2n) is 14.8. The van der Waals surface area contributed by atoms with Gasteiger partial charge < -0.3 is 34.0 Å². The molecule has 5 atom stereocenters. The highest BCUT2D eigenvalue weighted by atomic mass is 31.2. The summed E-state index contributed by atoms with van der Waals surface area (Å²) in [6.07, 6.45) is 29.1. The van der Waals surface area contributed by atoms with Gasteiger partial charge in [0.1, 0.15) is 12.7 Å². The maximum absolute atomic E-state index is 12.6. The summed E-state index contributed by atoms with van der Waals surface area (Å²) >= 11 is 0. The van der Waals surface area contributed by atoms with Crippen molar-refractivity contribution in [2.45, 2.75) is 174 Å². The fourth-order valence-electron chi connectivity index (χ4n) is 5.57. The van der Waals surface area contributed by atoms with Gasteiger partial charge in [-0.3, -0.25) is 23.2 Å². The van der Waals surface area contributed by atoms with E-state index >= 15 is 0 Å². The molecule has 0 aromatic rings. The Balaban J connectivity index is 2.43. The standard InChI is InChI=1S/C40H72O14P2/c1-4-5-6-7-8-9-13-16-21-26-37-38(54-37)27-22-18-19-24-29-40(43)53-36(33-52-56(47,48)51-31-35(41)30-50-55(44,45)46)32-49-39(42)28-23-17-14-11-10-12-15-20-25-34(2)3/h8-9,16,18,21-22,34-38,41H,4-7,10-15,17,19-20,23-33H2,1-3H3,(H,47,48)(H2,44,45,46)/b9-8-,21-16-,22-18-/t35-,36+,37?,38?/m0/s1. The van der Waals surface area contributed by atoms with Gasteiger partial charge in [-0.2, -0.15) is 0 Å². The molecule has 1 fully saturated rings.